The van der Waals surface area contributed by atoms with E-state index in [0.29, 0.717) is 11.3 Å². The average Bonchev–Trinajstić information content (AvgIpc) is 2.93. The first-order valence-corrected chi connectivity index (χ1v) is 7.25. The monoisotopic (exact) mass is 306 g/mol. The molecule has 0 saturated carbocycles. The first-order valence-electron chi connectivity index (χ1n) is 5.81. The molecule has 0 aliphatic heterocycles. The molecule has 21 heavy (non-hydrogen) atoms. The topological polar surface area (TPSA) is 119 Å². The van der Waals surface area contributed by atoms with Gasteiger partial charge in [-0.05, 0) is 4.52 Å². The zero-order chi connectivity index (χ0) is 14.8. The van der Waals surface area contributed by atoms with Crippen LogP contribution in [0.5, 0.6) is 0 Å². The lowest BCUT2D eigenvalue weighted by Gasteiger charge is -1.89. The summed E-state index contributed by atoms with van der Waals surface area (Å²) >= 11 is 0. The van der Waals surface area contributed by atoms with Gasteiger partial charge >= 0.3 is 15.1 Å². The van der Waals surface area contributed by atoms with E-state index in [1.165, 1.54) is 38.6 Å². The van der Waals surface area contributed by atoms with E-state index in [9.17, 15) is 13.0 Å². The zero-order valence-electron chi connectivity index (χ0n) is 10.6. The number of fused-ring (bicyclic) bond motifs is 5. The van der Waals surface area contributed by atoms with Crippen molar-refractivity contribution in [1.82, 2.24) is 29.1 Å². The van der Waals surface area contributed by atoms with E-state index in [4.69, 9.17) is 0 Å². The molecule has 0 fully saturated rings. The minimum absolute atomic E-state index is 0.0585. The van der Waals surface area contributed by atoms with Crippen molar-refractivity contribution in [2.24, 2.45) is 7.05 Å². The summed E-state index contributed by atoms with van der Waals surface area (Å²) in [5.74, 6) is 0. The molecule has 0 atom stereocenters. The molecule has 0 aromatic carbocycles. The Morgan fingerprint density at radius 2 is 1.57 bits per heavy atom. The quantitative estimate of drug-likeness (QED) is 0.353. The molecule has 0 spiro atoms. The summed E-state index contributed by atoms with van der Waals surface area (Å²) in [4.78, 5) is 16.5. The summed E-state index contributed by atoms with van der Waals surface area (Å²) in [6, 6.07) is 0. The van der Waals surface area contributed by atoms with Crippen LogP contribution in [0, 0.1) is 0 Å². The summed E-state index contributed by atoms with van der Waals surface area (Å²) in [5.41, 5.74) is 1.16. The van der Waals surface area contributed by atoms with E-state index >= 15 is 0 Å². The van der Waals surface area contributed by atoms with E-state index in [1.807, 2.05) is 0 Å². The lowest BCUT2D eigenvalue weighted by molar-refractivity contribution is -0.727. The molecule has 0 aliphatic carbocycles. The van der Waals surface area contributed by atoms with Gasteiger partial charge in [0.15, 0.2) is 0 Å². The van der Waals surface area contributed by atoms with E-state index < -0.39 is 10.1 Å². The Bertz CT molecular complexity index is 1130. The number of hydrogen-bond donors (Lipinski definition) is 1. The molecule has 0 aliphatic rings. The number of nitrogens with zero attached hydrogens (tertiary/aromatic N) is 7. The lowest BCUT2D eigenvalue weighted by atomic mass is 10.5. The van der Waals surface area contributed by atoms with Crippen LogP contribution in [0.25, 0.3) is 22.5 Å². The highest BCUT2D eigenvalue weighted by Gasteiger charge is 2.38. The van der Waals surface area contributed by atoms with Gasteiger partial charge in [-0.3, -0.25) is 4.55 Å². The van der Waals surface area contributed by atoms with Crippen LogP contribution in [-0.4, -0.2) is 42.1 Å². The second-order valence-electron chi connectivity index (χ2n) is 4.34. The summed E-state index contributed by atoms with van der Waals surface area (Å²) in [6.07, 6.45) is 5.75. The van der Waals surface area contributed by atoms with Crippen LogP contribution in [0.2, 0.25) is 0 Å². The van der Waals surface area contributed by atoms with Crippen molar-refractivity contribution >= 4 is 32.6 Å². The van der Waals surface area contributed by atoms with Gasteiger partial charge in [0.05, 0.1) is 7.05 Å². The predicted molar refractivity (Wildman–Crippen MR) is 68.0 cm³/mol. The van der Waals surface area contributed by atoms with Gasteiger partial charge in [0.2, 0.25) is 22.5 Å². The fourth-order valence-electron chi connectivity index (χ4n) is 2.39. The van der Waals surface area contributed by atoms with E-state index in [2.05, 4.69) is 19.9 Å². The summed E-state index contributed by atoms with van der Waals surface area (Å²) < 4.78 is 37.2. The second kappa shape index (κ2) is 3.71. The Kier molecular flexibility index (Phi) is 2.14. The van der Waals surface area contributed by atoms with Gasteiger partial charge in [0.1, 0.15) is 0 Å². The van der Waals surface area contributed by atoms with Crippen LogP contribution < -0.4 is 4.63 Å². The Balaban J connectivity index is 2.46. The van der Waals surface area contributed by atoms with Crippen LogP contribution in [0.3, 0.4) is 0 Å². The number of aromatic nitrogens is 7. The Morgan fingerprint density at radius 1 is 1.00 bits per heavy atom. The van der Waals surface area contributed by atoms with Gasteiger partial charge in [-0.2, -0.15) is 8.42 Å². The normalized spacial score (nSPS) is 12.7. The molecule has 10 nitrogen and oxygen atoms in total. The van der Waals surface area contributed by atoms with Gasteiger partial charge in [-0.15, -0.1) is 4.68 Å². The second-order valence-corrected chi connectivity index (χ2v) is 5.67. The van der Waals surface area contributed by atoms with Gasteiger partial charge in [0, 0.05) is 29.4 Å². The fourth-order valence-corrected chi connectivity index (χ4v) is 3.19. The molecule has 11 heteroatoms. The van der Waals surface area contributed by atoms with Crippen LogP contribution in [-0.2, 0) is 17.2 Å². The maximum atomic E-state index is 11.8. The predicted octanol–water partition coefficient (Wildman–Crippen LogP) is -1.00. The highest BCUT2D eigenvalue weighted by molar-refractivity contribution is 7.85. The standard InChI is InChI=1S/C10H7N7O3S/c1-15-8-9(14-5-4-13-8)16-7-6(11-2-3-12-7)10(17(15)16)21(18,19)20/h2-5H,1H3/p+1. The highest BCUT2D eigenvalue weighted by Crippen LogP contribution is 2.19. The minimum Gasteiger partial charge on any atom is -0.277 e. The number of aryl methyl sites for hydroxylation is 1. The largest absolute Gasteiger partial charge is 0.409 e. The van der Waals surface area contributed by atoms with Gasteiger partial charge in [-0.25, -0.2) is 19.9 Å². The molecule has 4 rings (SSSR count). The third kappa shape index (κ3) is 1.43. The van der Waals surface area contributed by atoms with Crippen molar-refractivity contribution in [3.05, 3.63) is 24.8 Å². The van der Waals surface area contributed by atoms with Gasteiger partial charge in [-0.1, -0.05) is 0 Å². The minimum atomic E-state index is -4.52. The lowest BCUT2D eigenvalue weighted by Crippen LogP contribution is -2.39. The molecule has 0 amide bonds. The zero-order valence-corrected chi connectivity index (χ0v) is 11.4. The smallest absolute Gasteiger partial charge is 0.277 e. The Morgan fingerprint density at radius 3 is 2.24 bits per heavy atom. The van der Waals surface area contributed by atoms with Crippen molar-refractivity contribution in [2.75, 3.05) is 0 Å². The van der Waals surface area contributed by atoms with Crippen LogP contribution in [0.4, 0.5) is 0 Å². The Hall–Kier alpha value is -2.66. The SMILES string of the molecule is Cn1c2nccnc2n2c3nccnc3c(S(=O)(=O)O)[n+]12. The molecule has 1 N–H and O–H groups in total. The summed E-state index contributed by atoms with van der Waals surface area (Å²) in [5, 5.41) is -0.382. The van der Waals surface area contributed by atoms with Crippen molar-refractivity contribution in [2.45, 2.75) is 5.03 Å². The van der Waals surface area contributed by atoms with Gasteiger partial charge < -0.3 is 0 Å². The molecule has 0 saturated heterocycles. The summed E-state index contributed by atoms with van der Waals surface area (Å²) in [6.45, 7) is 0. The van der Waals surface area contributed by atoms with Crippen LogP contribution in [0.15, 0.2) is 29.8 Å². The Labute approximate surface area is 117 Å². The number of rotatable bonds is 1. The molecule has 0 bridgehead atoms. The van der Waals surface area contributed by atoms with Crippen LogP contribution in [0.1, 0.15) is 0 Å². The molecule has 0 unspecified atom stereocenters. The number of hydrogen-bond acceptors (Lipinski definition) is 6. The van der Waals surface area contributed by atoms with E-state index in [-0.39, 0.29) is 16.2 Å². The van der Waals surface area contributed by atoms with E-state index in [1.54, 1.807) is 7.05 Å². The molecular weight excluding hydrogens is 298 g/mol. The first kappa shape index (κ1) is 12.1. The maximum absolute atomic E-state index is 11.8. The third-order valence-electron chi connectivity index (χ3n) is 3.15. The van der Waals surface area contributed by atoms with Crippen LogP contribution >= 0.6 is 0 Å². The van der Waals surface area contributed by atoms with E-state index in [0.717, 1.165) is 0 Å². The molecular formula is C10H8N7O3S+. The molecule has 4 aromatic rings. The van der Waals surface area contributed by atoms with Crippen molar-refractivity contribution in [1.29, 1.82) is 0 Å². The first-order chi connectivity index (χ1) is 10.00. The molecule has 106 valence electrons. The van der Waals surface area contributed by atoms with Crippen molar-refractivity contribution in [3.8, 4) is 0 Å². The van der Waals surface area contributed by atoms with Gasteiger partial charge in [0.25, 0.3) is 0 Å². The molecule has 0 radical (unpaired) electrons. The van der Waals surface area contributed by atoms with Crippen molar-refractivity contribution in [3.63, 3.8) is 0 Å². The molecule has 4 aromatic heterocycles. The highest BCUT2D eigenvalue weighted by atomic mass is 32.2. The average molecular weight is 306 g/mol. The maximum Gasteiger partial charge on any atom is 0.409 e. The fraction of sp³-hybridized carbons (Fsp3) is 0.100. The summed E-state index contributed by atoms with van der Waals surface area (Å²) in [7, 11) is -2.92. The third-order valence-corrected chi connectivity index (χ3v) is 3.99. The van der Waals surface area contributed by atoms with Crippen molar-refractivity contribution < 1.29 is 17.6 Å². The molecule has 4 heterocycles.